The molecule has 2 amide bonds. The Hall–Kier alpha value is -2.21. The van der Waals surface area contributed by atoms with E-state index in [9.17, 15) is 18.8 Å². The number of allylic oxidation sites excluding steroid dienone is 1. The van der Waals surface area contributed by atoms with E-state index >= 15 is 0 Å². The zero-order chi connectivity index (χ0) is 16.6. The van der Waals surface area contributed by atoms with Gasteiger partial charge in [0.1, 0.15) is 5.82 Å². The number of halogens is 2. The summed E-state index contributed by atoms with van der Waals surface area (Å²) in [5, 5.41) is 5.17. The maximum absolute atomic E-state index is 13.2. The van der Waals surface area contributed by atoms with Crippen molar-refractivity contribution in [3.8, 4) is 0 Å². The summed E-state index contributed by atoms with van der Waals surface area (Å²) in [5.41, 5.74) is 1.26. The van der Waals surface area contributed by atoms with Gasteiger partial charge in [0.2, 0.25) is 11.8 Å². The number of amides is 2. The monoisotopic (exact) mass is 336 g/mol. The van der Waals surface area contributed by atoms with E-state index in [1.54, 1.807) is 0 Å². The molecule has 0 saturated carbocycles. The number of anilines is 1. The Kier molecular flexibility index (Phi) is 4.17. The summed E-state index contributed by atoms with van der Waals surface area (Å²) in [6, 6.07) is 3.80. The van der Waals surface area contributed by atoms with Crippen molar-refractivity contribution in [1.82, 2.24) is 5.32 Å². The third-order valence-electron chi connectivity index (χ3n) is 3.99. The highest BCUT2D eigenvalue weighted by Crippen LogP contribution is 2.32. The van der Waals surface area contributed by atoms with E-state index in [0.717, 1.165) is 6.07 Å². The predicted molar refractivity (Wildman–Crippen MR) is 82.2 cm³/mol. The lowest BCUT2D eigenvalue weighted by molar-refractivity contribution is -0.128. The van der Waals surface area contributed by atoms with E-state index in [-0.39, 0.29) is 23.1 Å². The van der Waals surface area contributed by atoms with Crippen LogP contribution in [-0.2, 0) is 14.4 Å². The highest BCUT2D eigenvalue weighted by Gasteiger charge is 2.37. The third kappa shape index (κ3) is 3.12. The number of rotatable bonds is 2. The van der Waals surface area contributed by atoms with E-state index < -0.39 is 17.6 Å². The second-order valence-corrected chi connectivity index (χ2v) is 6.00. The van der Waals surface area contributed by atoms with Gasteiger partial charge in [-0.1, -0.05) is 11.6 Å². The normalized spacial score (nSPS) is 20.9. The van der Waals surface area contributed by atoms with Gasteiger partial charge in [0.15, 0.2) is 5.78 Å². The molecular formula is C16H14ClFN2O3. The molecule has 0 radical (unpaired) electrons. The van der Waals surface area contributed by atoms with Gasteiger partial charge in [-0.05, 0) is 31.0 Å². The molecule has 1 aromatic rings. The van der Waals surface area contributed by atoms with Crippen molar-refractivity contribution < 1.29 is 18.8 Å². The Morgan fingerprint density at radius 2 is 2.09 bits per heavy atom. The lowest BCUT2D eigenvalue weighted by Crippen LogP contribution is -2.41. The van der Waals surface area contributed by atoms with Crippen LogP contribution >= 0.6 is 11.6 Å². The van der Waals surface area contributed by atoms with Gasteiger partial charge in [-0.15, -0.1) is 0 Å². The summed E-state index contributed by atoms with van der Waals surface area (Å²) in [4.78, 5) is 36.4. The highest BCUT2D eigenvalue weighted by molar-refractivity contribution is 6.31. The standard InChI is InChI=1S/C16H14ClFN2O3/c17-10-6-8(4-5-11(10)18)19-16(23)9-7-14(22)20-12-2-1-3-13(21)15(9)12/h4-6,9H,1-3,7H2,(H,19,23)(H,20,22)/t9-/m0/s1. The molecule has 0 aromatic heterocycles. The number of benzene rings is 1. The van der Waals surface area contributed by atoms with Crippen LogP contribution < -0.4 is 10.6 Å². The zero-order valence-electron chi connectivity index (χ0n) is 12.1. The van der Waals surface area contributed by atoms with Gasteiger partial charge in [0.25, 0.3) is 0 Å². The Morgan fingerprint density at radius 3 is 2.83 bits per heavy atom. The Balaban J connectivity index is 1.86. The molecule has 7 heteroatoms. The average Bonchev–Trinajstić information content (AvgIpc) is 2.50. The molecule has 1 atom stereocenters. The second kappa shape index (κ2) is 6.12. The average molecular weight is 337 g/mol. The number of carbonyl (C=O) groups excluding carboxylic acids is 3. The Labute approximate surface area is 136 Å². The summed E-state index contributed by atoms with van der Waals surface area (Å²) in [6.07, 6.45) is 1.55. The zero-order valence-corrected chi connectivity index (χ0v) is 12.9. The molecule has 0 spiro atoms. The Bertz CT molecular complexity index is 745. The molecule has 1 heterocycles. The predicted octanol–water partition coefficient (Wildman–Crippen LogP) is 2.56. The molecule has 120 valence electrons. The number of hydrogen-bond donors (Lipinski definition) is 2. The summed E-state index contributed by atoms with van der Waals surface area (Å²) >= 11 is 5.69. The molecule has 5 nitrogen and oxygen atoms in total. The van der Waals surface area contributed by atoms with E-state index in [1.165, 1.54) is 12.1 Å². The van der Waals surface area contributed by atoms with Crippen molar-refractivity contribution in [3.05, 3.63) is 40.3 Å². The van der Waals surface area contributed by atoms with Gasteiger partial charge in [-0.25, -0.2) is 4.39 Å². The fraction of sp³-hybridized carbons (Fsp3) is 0.312. The lowest BCUT2D eigenvalue weighted by Gasteiger charge is -2.30. The molecule has 2 N–H and O–H groups in total. The molecule has 0 saturated heterocycles. The molecule has 1 aliphatic carbocycles. The van der Waals surface area contributed by atoms with Crippen LogP contribution in [0.5, 0.6) is 0 Å². The van der Waals surface area contributed by atoms with Crippen molar-refractivity contribution in [2.75, 3.05) is 5.32 Å². The molecule has 2 aliphatic rings. The van der Waals surface area contributed by atoms with Gasteiger partial charge in [-0.2, -0.15) is 0 Å². The van der Waals surface area contributed by atoms with Gasteiger partial charge in [0.05, 0.1) is 10.9 Å². The van der Waals surface area contributed by atoms with Crippen molar-refractivity contribution in [2.24, 2.45) is 5.92 Å². The van der Waals surface area contributed by atoms with Gasteiger partial charge < -0.3 is 10.6 Å². The molecule has 0 fully saturated rings. The van der Waals surface area contributed by atoms with Crippen LogP contribution in [0.4, 0.5) is 10.1 Å². The third-order valence-corrected chi connectivity index (χ3v) is 4.28. The van der Waals surface area contributed by atoms with Crippen molar-refractivity contribution in [3.63, 3.8) is 0 Å². The van der Waals surface area contributed by atoms with Crippen molar-refractivity contribution in [1.29, 1.82) is 0 Å². The smallest absolute Gasteiger partial charge is 0.232 e. The highest BCUT2D eigenvalue weighted by atomic mass is 35.5. The van der Waals surface area contributed by atoms with Gasteiger partial charge in [-0.3, -0.25) is 14.4 Å². The number of carbonyl (C=O) groups is 3. The molecule has 0 unspecified atom stereocenters. The molecule has 23 heavy (non-hydrogen) atoms. The van der Waals surface area contributed by atoms with E-state index in [0.29, 0.717) is 36.2 Å². The summed E-state index contributed by atoms with van der Waals surface area (Å²) in [5.74, 6) is -2.27. The molecular weight excluding hydrogens is 323 g/mol. The minimum absolute atomic E-state index is 0.0780. The number of nitrogens with one attached hydrogen (secondary N) is 2. The minimum atomic E-state index is -0.824. The maximum atomic E-state index is 13.2. The first kappa shape index (κ1) is 15.7. The summed E-state index contributed by atoms with van der Waals surface area (Å²) in [6.45, 7) is 0. The van der Waals surface area contributed by atoms with Crippen LogP contribution in [0, 0.1) is 11.7 Å². The first-order chi connectivity index (χ1) is 11.0. The number of hydrogen-bond acceptors (Lipinski definition) is 3. The van der Waals surface area contributed by atoms with Crippen LogP contribution in [0.1, 0.15) is 25.7 Å². The van der Waals surface area contributed by atoms with Gasteiger partial charge >= 0.3 is 0 Å². The molecule has 3 rings (SSSR count). The number of ketones is 1. The Morgan fingerprint density at radius 1 is 1.30 bits per heavy atom. The van der Waals surface area contributed by atoms with Crippen LogP contribution in [0.2, 0.25) is 5.02 Å². The quantitative estimate of drug-likeness (QED) is 0.871. The van der Waals surface area contributed by atoms with Crippen LogP contribution in [0.25, 0.3) is 0 Å². The topological polar surface area (TPSA) is 75.3 Å². The van der Waals surface area contributed by atoms with E-state index in [2.05, 4.69) is 10.6 Å². The summed E-state index contributed by atoms with van der Waals surface area (Å²) < 4.78 is 13.2. The second-order valence-electron chi connectivity index (χ2n) is 5.59. The lowest BCUT2D eigenvalue weighted by atomic mass is 9.81. The van der Waals surface area contributed by atoms with Crippen LogP contribution in [-0.4, -0.2) is 17.6 Å². The first-order valence-corrected chi connectivity index (χ1v) is 7.65. The molecule has 0 bridgehead atoms. The van der Waals surface area contributed by atoms with E-state index in [4.69, 9.17) is 11.6 Å². The van der Waals surface area contributed by atoms with Crippen LogP contribution in [0.3, 0.4) is 0 Å². The minimum Gasteiger partial charge on any atom is -0.329 e. The maximum Gasteiger partial charge on any atom is 0.232 e. The first-order valence-electron chi connectivity index (χ1n) is 7.27. The fourth-order valence-electron chi connectivity index (χ4n) is 2.93. The van der Waals surface area contributed by atoms with E-state index in [1.807, 2.05) is 0 Å². The largest absolute Gasteiger partial charge is 0.329 e. The molecule has 1 aromatic carbocycles. The van der Waals surface area contributed by atoms with Crippen LogP contribution in [0.15, 0.2) is 29.5 Å². The van der Waals surface area contributed by atoms with Crippen molar-refractivity contribution in [2.45, 2.75) is 25.7 Å². The SMILES string of the molecule is O=C1C[C@H](C(=O)Nc2ccc(F)c(Cl)c2)C2=C(CCCC2=O)N1. The molecule has 1 aliphatic heterocycles. The van der Waals surface area contributed by atoms with Crippen molar-refractivity contribution >= 4 is 34.9 Å². The number of Topliss-reactive ketones (excluding diaryl/α,β-unsaturated/α-hetero) is 1. The fourth-order valence-corrected chi connectivity index (χ4v) is 3.11. The summed E-state index contributed by atoms with van der Waals surface area (Å²) in [7, 11) is 0. The van der Waals surface area contributed by atoms with Gasteiger partial charge in [0, 0.05) is 29.8 Å².